The first-order chi connectivity index (χ1) is 5.83. The molecule has 0 atom stereocenters. The zero-order valence-corrected chi connectivity index (χ0v) is 6.63. The number of hydrogen-bond donors (Lipinski definition) is 2. The maximum absolute atomic E-state index is 11.2. The van der Waals surface area contributed by atoms with E-state index in [2.05, 4.69) is 5.32 Å². The standard InChI is InChI=1S/C9H10N2O/c10-4-6-2-1-3-7-8(6)5-11-9(7)12/h1-3H,4-5,10H2,(H,11,12). The van der Waals surface area contributed by atoms with Crippen molar-refractivity contribution in [3.63, 3.8) is 0 Å². The minimum Gasteiger partial charge on any atom is -0.348 e. The van der Waals surface area contributed by atoms with Crippen LogP contribution < -0.4 is 11.1 Å². The lowest BCUT2D eigenvalue weighted by atomic mass is 10.0. The average Bonchev–Trinajstić information content (AvgIpc) is 2.48. The molecule has 0 bridgehead atoms. The fraction of sp³-hybridized carbons (Fsp3) is 0.222. The topological polar surface area (TPSA) is 55.1 Å². The Balaban J connectivity index is 2.58. The fourth-order valence-corrected chi connectivity index (χ4v) is 1.51. The molecule has 62 valence electrons. The summed E-state index contributed by atoms with van der Waals surface area (Å²) in [6.07, 6.45) is 0. The molecule has 3 N–H and O–H groups in total. The molecule has 3 nitrogen and oxygen atoms in total. The van der Waals surface area contributed by atoms with Crippen molar-refractivity contribution >= 4 is 5.91 Å². The summed E-state index contributed by atoms with van der Waals surface area (Å²) < 4.78 is 0. The fourth-order valence-electron chi connectivity index (χ4n) is 1.51. The maximum Gasteiger partial charge on any atom is 0.251 e. The van der Waals surface area contributed by atoms with Gasteiger partial charge in [-0.3, -0.25) is 4.79 Å². The third-order valence-electron chi connectivity index (χ3n) is 2.16. The smallest absolute Gasteiger partial charge is 0.251 e. The molecule has 1 aliphatic rings. The van der Waals surface area contributed by atoms with Crippen molar-refractivity contribution in [2.45, 2.75) is 13.1 Å². The lowest BCUT2D eigenvalue weighted by Gasteiger charge is -2.01. The average molecular weight is 162 g/mol. The Morgan fingerprint density at radius 3 is 3.08 bits per heavy atom. The number of carbonyl (C=O) groups is 1. The Morgan fingerprint density at radius 2 is 2.33 bits per heavy atom. The van der Waals surface area contributed by atoms with Crippen LogP contribution in [0.1, 0.15) is 21.5 Å². The van der Waals surface area contributed by atoms with Gasteiger partial charge in [0.15, 0.2) is 0 Å². The first kappa shape index (κ1) is 7.31. The van der Waals surface area contributed by atoms with Crippen LogP contribution in [0.4, 0.5) is 0 Å². The number of fused-ring (bicyclic) bond motifs is 1. The Morgan fingerprint density at radius 1 is 1.50 bits per heavy atom. The molecule has 1 aromatic rings. The normalized spacial score (nSPS) is 14.2. The molecule has 12 heavy (non-hydrogen) atoms. The first-order valence-electron chi connectivity index (χ1n) is 3.92. The first-order valence-corrected chi connectivity index (χ1v) is 3.92. The molecule has 1 amide bonds. The van der Waals surface area contributed by atoms with Crippen LogP contribution >= 0.6 is 0 Å². The quantitative estimate of drug-likeness (QED) is 0.627. The van der Waals surface area contributed by atoms with Crippen molar-refractivity contribution < 1.29 is 4.79 Å². The Kier molecular flexibility index (Phi) is 1.59. The van der Waals surface area contributed by atoms with Gasteiger partial charge in [-0.2, -0.15) is 0 Å². The highest BCUT2D eigenvalue weighted by Gasteiger charge is 2.19. The minimum absolute atomic E-state index is 0.0142. The van der Waals surface area contributed by atoms with E-state index in [0.717, 1.165) is 16.7 Å². The lowest BCUT2D eigenvalue weighted by molar-refractivity contribution is 0.0966. The Bertz CT molecular complexity index is 333. The van der Waals surface area contributed by atoms with Crippen molar-refractivity contribution in [2.24, 2.45) is 5.73 Å². The van der Waals surface area contributed by atoms with Crippen LogP contribution in [0, 0.1) is 0 Å². The van der Waals surface area contributed by atoms with Gasteiger partial charge in [0, 0.05) is 18.7 Å². The predicted octanol–water partition coefficient (Wildman–Crippen LogP) is 0.389. The molecule has 0 radical (unpaired) electrons. The summed E-state index contributed by atoms with van der Waals surface area (Å²) in [6.45, 7) is 1.12. The van der Waals surface area contributed by atoms with Crippen LogP contribution in [0.15, 0.2) is 18.2 Å². The van der Waals surface area contributed by atoms with Gasteiger partial charge in [-0.25, -0.2) is 0 Å². The van der Waals surface area contributed by atoms with E-state index in [1.165, 1.54) is 0 Å². The second-order valence-electron chi connectivity index (χ2n) is 2.83. The molecule has 0 aromatic heterocycles. The van der Waals surface area contributed by atoms with Gasteiger partial charge >= 0.3 is 0 Å². The molecule has 0 fully saturated rings. The molecule has 1 aromatic carbocycles. The van der Waals surface area contributed by atoms with Gasteiger partial charge in [0.2, 0.25) is 0 Å². The molecule has 2 rings (SSSR count). The maximum atomic E-state index is 11.2. The molecule has 1 aliphatic heterocycles. The van der Waals surface area contributed by atoms with Crippen LogP contribution in [0.25, 0.3) is 0 Å². The summed E-state index contributed by atoms with van der Waals surface area (Å²) in [5.41, 5.74) is 8.43. The molecule has 0 saturated carbocycles. The van der Waals surface area contributed by atoms with E-state index in [4.69, 9.17) is 5.73 Å². The van der Waals surface area contributed by atoms with E-state index >= 15 is 0 Å². The number of benzene rings is 1. The predicted molar refractivity (Wildman–Crippen MR) is 45.5 cm³/mol. The van der Waals surface area contributed by atoms with E-state index in [-0.39, 0.29) is 5.91 Å². The SMILES string of the molecule is NCc1cccc2c1CNC2=O. The molecular formula is C9H10N2O. The third-order valence-corrected chi connectivity index (χ3v) is 2.16. The summed E-state index contributed by atoms with van der Waals surface area (Å²) in [6, 6.07) is 5.65. The van der Waals surface area contributed by atoms with Gasteiger partial charge in [-0.1, -0.05) is 12.1 Å². The second-order valence-corrected chi connectivity index (χ2v) is 2.83. The number of nitrogens with two attached hydrogens (primary N) is 1. The summed E-state index contributed by atoms with van der Waals surface area (Å²) in [7, 11) is 0. The van der Waals surface area contributed by atoms with Crippen molar-refractivity contribution in [3.8, 4) is 0 Å². The number of rotatable bonds is 1. The van der Waals surface area contributed by atoms with Crippen LogP contribution in [0.3, 0.4) is 0 Å². The number of hydrogen-bond acceptors (Lipinski definition) is 2. The van der Waals surface area contributed by atoms with Gasteiger partial charge in [0.1, 0.15) is 0 Å². The van der Waals surface area contributed by atoms with E-state index in [1.54, 1.807) is 0 Å². The van der Waals surface area contributed by atoms with Gasteiger partial charge < -0.3 is 11.1 Å². The van der Waals surface area contributed by atoms with Crippen LogP contribution in [0.5, 0.6) is 0 Å². The number of amides is 1. The van der Waals surface area contributed by atoms with Gasteiger partial charge in [0.25, 0.3) is 5.91 Å². The molecule has 3 heteroatoms. The highest BCUT2D eigenvalue weighted by molar-refractivity contribution is 5.98. The summed E-state index contributed by atoms with van der Waals surface area (Å²) >= 11 is 0. The largest absolute Gasteiger partial charge is 0.348 e. The van der Waals surface area contributed by atoms with Gasteiger partial charge in [-0.05, 0) is 17.2 Å². The molecular weight excluding hydrogens is 152 g/mol. The zero-order valence-electron chi connectivity index (χ0n) is 6.63. The molecule has 0 spiro atoms. The molecule has 0 aliphatic carbocycles. The molecule has 0 unspecified atom stereocenters. The van der Waals surface area contributed by atoms with Crippen LogP contribution in [0.2, 0.25) is 0 Å². The van der Waals surface area contributed by atoms with Crippen molar-refractivity contribution in [1.82, 2.24) is 5.32 Å². The van der Waals surface area contributed by atoms with E-state index < -0.39 is 0 Å². The zero-order chi connectivity index (χ0) is 8.55. The monoisotopic (exact) mass is 162 g/mol. The second kappa shape index (κ2) is 2.60. The number of carbonyl (C=O) groups excluding carboxylic acids is 1. The van der Waals surface area contributed by atoms with E-state index in [1.807, 2.05) is 18.2 Å². The minimum atomic E-state index is 0.0142. The van der Waals surface area contributed by atoms with Gasteiger partial charge in [-0.15, -0.1) is 0 Å². The molecule has 0 saturated heterocycles. The summed E-state index contributed by atoms with van der Waals surface area (Å²) in [5, 5.41) is 2.77. The van der Waals surface area contributed by atoms with Crippen molar-refractivity contribution in [2.75, 3.05) is 0 Å². The van der Waals surface area contributed by atoms with Gasteiger partial charge in [0.05, 0.1) is 0 Å². The van der Waals surface area contributed by atoms with E-state index in [9.17, 15) is 4.79 Å². The summed E-state index contributed by atoms with van der Waals surface area (Å²) in [5.74, 6) is 0.0142. The number of nitrogens with one attached hydrogen (secondary N) is 1. The van der Waals surface area contributed by atoms with Crippen molar-refractivity contribution in [1.29, 1.82) is 0 Å². The highest BCUT2D eigenvalue weighted by atomic mass is 16.1. The van der Waals surface area contributed by atoms with Crippen LogP contribution in [-0.2, 0) is 13.1 Å². The Labute approximate surface area is 70.6 Å². The third kappa shape index (κ3) is 0.905. The lowest BCUT2D eigenvalue weighted by Crippen LogP contribution is -2.12. The highest BCUT2D eigenvalue weighted by Crippen LogP contribution is 2.18. The van der Waals surface area contributed by atoms with Crippen LogP contribution in [-0.4, -0.2) is 5.91 Å². The molecule has 1 heterocycles. The Hall–Kier alpha value is -1.35. The summed E-state index contributed by atoms with van der Waals surface area (Å²) in [4.78, 5) is 11.2. The van der Waals surface area contributed by atoms with E-state index in [0.29, 0.717) is 13.1 Å². The van der Waals surface area contributed by atoms with Crippen molar-refractivity contribution in [3.05, 3.63) is 34.9 Å².